The van der Waals surface area contributed by atoms with Crippen LogP contribution in [0.4, 0.5) is 5.69 Å². The Morgan fingerprint density at radius 1 is 1.53 bits per heavy atom. The minimum absolute atomic E-state index is 0.568. The molecule has 1 aromatic rings. The molecule has 15 heavy (non-hydrogen) atoms. The lowest BCUT2D eigenvalue weighted by molar-refractivity contribution is 0.318. The van der Waals surface area contributed by atoms with E-state index < -0.39 is 0 Å². The number of benzene rings is 1. The number of rotatable bonds is 5. The molecule has 0 aliphatic rings. The van der Waals surface area contributed by atoms with Crippen molar-refractivity contribution in [1.82, 2.24) is 0 Å². The molecule has 0 bridgehead atoms. The van der Waals surface area contributed by atoms with Crippen molar-refractivity contribution in [3.8, 4) is 5.75 Å². The molecule has 84 valence electrons. The largest absolute Gasteiger partial charge is 0.490 e. The summed E-state index contributed by atoms with van der Waals surface area (Å²) in [4.78, 5) is 0. The Balaban J connectivity index is 2.60. The van der Waals surface area contributed by atoms with E-state index in [1.54, 1.807) is 23.9 Å². The number of hydrogen-bond donors (Lipinski definition) is 1. The first kappa shape index (κ1) is 13.0. The first-order valence-electron chi connectivity index (χ1n) is 4.51. The molecular weight excluding hydrogens is 298 g/mol. The van der Waals surface area contributed by atoms with E-state index in [0.717, 1.165) is 16.6 Å². The zero-order valence-electron chi connectivity index (χ0n) is 8.43. The van der Waals surface area contributed by atoms with Crippen LogP contribution in [0.25, 0.3) is 0 Å². The quantitative estimate of drug-likeness (QED) is 0.663. The van der Waals surface area contributed by atoms with Gasteiger partial charge in [-0.05, 0) is 46.5 Å². The summed E-state index contributed by atoms with van der Waals surface area (Å²) in [5, 5.41) is 0.607. The fraction of sp³-hybridized carbons (Fsp3) is 0.400. The molecule has 0 saturated heterocycles. The summed E-state index contributed by atoms with van der Waals surface area (Å²) in [7, 11) is 0. The Morgan fingerprint density at radius 3 is 2.87 bits per heavy atom. The van der Waals surface area contributed by atoms with E-state index in [4.69, 9.17) is 22.1 Å². The van der Waals surface area contributed by atoms with Gasteiger partial charge in [-0.1, -0.05) is 11.6 Å². The number of anilines is 1. The Hall–Kier alpha value is -0.0600. The van der Waals surface area contributed by atoms with Crippen molar-refractivity contribution in [3.05, 3.63) is 21.6 Å². The molecule has 0 amide bonds. The molecular formula is C10H13BrClNOS. The summed E-state index contributed by atoms with van der Waals surface area (Å²) in [6, 6.07) is 3.47. The predicted molar refractivity (Wildman–Crippen MR) is 72.1 cm³/mol. The molecule has 0 aliphatic carbocycles. The highest BCUT2D eigenvalue weighted by Gasteiger charge is 2.07. The summed E-state index contributed by atoms with van der Waals surface area (Å²) < 4.78 is 6.38. The zero-order valence-corrected chi connectivity index (χ0v) is 11.6. The van der Waals surface area contributed by atoms with Gasteiger partial charge in [0, 0.05) is 5.02 Å². The molecule has 2 nitrogen and oxygen atoms in total. The van der Waals surface area contributed by atoms with Crippen LogP contribution in [0.1, 0.15) is 6.42 Å². The highest BCUT2D eigenvalue weighted by Crippen LogP contribution is 2.34. The minimum Gasteiger partial charge on any atom is -0.490 e. The van der Waals surface area contributed by atoms with Crippen molar-refractivity contribution in [2.24, 2.45) is 0 Å². The average Bonchev–Trinajstić information content (AvgIpc) is 2.15. The van der Waals surface area contributed by atoms with Crippen LogP contribution < -0.4 is 10.5 Å². The van der Waals surface area contributed by atoms with Crippen molar-refractivity contribution in [2.75, 3.05) is 24.3 Å². The maximum atomic E-state index is 5.84. The fourth-order valence-electron chi connectivity index (χ4n) is 1.11. The number of nitrogen functional groups attached to an aromatic ring is 1. The van der Waals surface area contributed by atoms with E-state index in [2.05, 4.69) is 22.2 Å². The molecule has 0 aromatic heterocycles. The lowest BCUT2D eigenvalue weighted by Crippen LogP contribution is -2.02. The lowest BCUT2D eigenvalue weighted by atomic mass is 10.3. The summed E-state index contributed by atoms with van der Waals surface area (Å²) in [6.45, 7) is 0.672. The topological polar surface area (TPSA) is 35.2 Å². The third-order valence-electron chi connectivity index (χ3n) is 1.78. The van der Waals surface area contributed by atoms with E-state index in [9.17, 15) is 0 Å². The van der Waals surface area contributed by atoms with Crippen molar-refractivity contribution < 1.29 is 4.74 Å². The number of ether oxygens (including phenoxy) is 1. The van der Waals surface area contributed by atoms with Gasteiger partial charge >= 0.3 is 0 Å². The van der Waals surface area contributed by atoms with Crippen molar-refractivity contribution in [2.45, 2.75) is 6.42 Å². The van der Waals surface area contributed by atoms with Crippen LogP contribution in [0.2, 0.25) is 5.02 Å². The third-order valence-corrected chi connectivity index (χ3v) is 3.28. The Kier molecular flexibility index (Phi) is 5.64. The van der Waals surface area contributed by atoms with Gasteiger partial charge in [0.2, 0.25) is 0 Å². The highest BCUT2D eigenvalue weighted by molar-refractivity contribution is 9.10. The summed E-state index contributed by atoms with van der Waals surface area (Å²) >= 11 is 11.0. The van der Waals surface area contributed by atoms with Gasteiger partial charge in [0.1, 0.15) is 0 Å². The first-order chi connectivity index (χ1) is 7.15. The minimum atomic E-state index is 0.568. The van der Waals surface area contributed by atoms with Crippen LogP contribution >= 0.6 is 39.3 Å². The van der Waals surface area contributed by atoms with E-state index in [1.165, 1.54) is 0 Å². The van der Waals surface area contributed by atoms with E-state index in [-0.39, 0.29) is 0 Å². The molecule has 0 unspecified atom stereocenters. The Bertz CT molecular complexity index is 312. The molecule has 0 spiro atoms. The van der Waals surface area contributed by atoms with E-state index in [0.29, 0.717) is 23.1 Å². The van der Waals surface area contributed by atoms with Gasteiger partial charge in [-0.15, -0.1) is 0 Å². The fourth-order valence-corrected chi connectivity index (χ4v) is 2.47. The second kappa shape index (κ2) is 6.51. The lowest BCUT2D eigenvalue weighted by Gasteiger charge is -2.10. The molecule has 0 heterocycles. The molecule has 0 atom stereocenters. The molecule has 1 rings (SSSR count). The second-order valence-electron chi connectivity index (χ2n) is 3.00. The number of halogens is 2. The van der Waals surface area contributed by atoms with Gasteiger partial charge in [-0.3, -0.25) is 0 Å². The molecule has 0 radical (unpaired) electrons. The smallest absolute Gasteiger partial charge is 0.156 e. The predicted octanol–water partition coefficient (Wildman–Crippen LogP) is 3.82. The van der Waals surface area contributed by atoms with Gasteiger partial charge in [0.05, 0.1) is 16.8 Å². The molecule has 0 aliphatic heterocycles. The SMILES string of the molecule is CSCCCOc1c(N)cc(Cl)cc1Br. The Labute approximate surface area is 108 Å². The number of nitrogens with two attached hydrogens (primary N) is 1. The molecule has 1 aromatic carbocycles. The van der Waals surface area contributed by atoms with Gasteiger partial charge in [0.25, 0.3) is 0 Å². The molecule has 0 fully saturated rings. The van der Waals surface area contributed by atoms with Crippen LogP contribution in [-0.2, 0) is 0 Å². The van der Waals surface area contributed by atoms with E-state index in [1.807, 2.05) is 0 Å². The van der Waals surface area contributed by atoms with Crippen molar-refractivity contribution in [3.63, 3.8) is 0 Å². The number of hydrogen-bond acceptors (Lipinski definition) is 3. The monoisotopic (exact) mass is 309 g/mol. The average molecular weight is 311 g/mol. The first-order valence-corrected chi connectivity index (χ1v) is 7.08. The maximum Gasteiger partial charge on any atom is 0.156 e. The van der Waals surface area contributed by atoms with Gasteiger partial charge < -0.3 is 10.5 Å². The maximum absolute atomic E-state index is 5.84. The summed E-state index contributed by atoms with van der Waals surface area (Å²) in [6.07, 6.45) is 3.09. The van der Waals surface area contributed by atoms with Crippen LogP contribution in [0.5, 0.6) is 5.75 Å². The van der Waals surface area contributed by atoms with Gasteiger partial charge in [-0.25, -0.2) is 0 Å². The van der Waals surface area contributed by atoms with Crippen molar-refractivity contribution >= 4 is 45.0 Å². The van der Waals surface area contributed by atoms with Crippen molar-refractivity contribution in [1.29, 1.82) is 0 Å². The number of thioether (sulfide) groups is 1. The summed E-state index contributed by atoms with van der Waals surface area (Å²) in [5.74, 6) is 1.77. The Morgan fingerprint density at radius 2 is 2.27 bits per heavy atom. The summed E-state index contributed by atoms with van der Waals surface area (Å²) in [5.41, 5.74) is 6.36. The van der Waals surface area contributed by atoms with Gasteiger partial charge in [-0.2, -0.15) is 11.8 Å². The van der Waals surface area contributed by atoms with Crippen LogP contribution in [-0.4, -0.2) is 18.6 Å². The van der Waals surface area contributed by atoms with Crippen LogP contribution in [0, 0.1) is 0 Å². The molecule has 2 N–H and O–H groups in total. The van der Waals surface area contributed by atoms with E-state index >= 15 is 0 Å². The second-order valence-corrected chi connectivity index (χ2v) is 5.28. The zero-order chi connectivity index (χ0) is 11.3. The molecule has 0 saturated carbocycles. The standard InChI is InChI=1S/C10H13BrClNOS/c1-15-4-2-3-14-10-8(11)5-7(12)6-9(10)13/h5-6H,2-4,13H2,1H3. The highest BCUT2D eigenvalue weighted by atomic mass is 79.9. The van der Waals surface area contributed by atoms with Crippen LogP contribution in [0.3, 0.4) is 0 Å². The third kappa shape index (κ3) is 4.13. The van der Waals surface area contributed by atoms with Gasteiger partial charge in [0.15, 0.2) is 5.75 Å². The molecule has 5 heteroatoms. The normalized spacial score (nSPS) is 10.3. The van der Waals surface area contributed by atoms with Crippen LogP contribution in [0.15, 0.2) is 16.6 Å².